The number of carbonyl (C=O) groups is 1. The Morgan fingerprint density at radius 3 is 2.52 bits per heavy atom. The Balaban J connectivity index is 2.54. The first-order valence-corrected chi connectivity index (χ1v) is 7.34. The number of phenols is 1. The SMILES string of the molecule is CCOC(=O)/C(=C/c1ccccc1Br)c1ccccc1O. The molecule has 2 aromatic rings. The van der Waals surface area contributed by atoms with Crippen molar-refractivity contribution in [3.63, 3.8) is 0 Å². The van der Waals surface area contributed by atoms with E-state index in [1.807, 2.05) is 24.3 Å². The highest BCUT2D eigenvalue weighted by Crippen LogP contribution is 2.29. The molecule has 3 nitrogen and oxygen atoms in total. The maximum atomic E-state index is 12.2. The summed E-state index contributed by atoms with van der Waals surface area (Å²) in [5.41, 5.74) is 1.61. The van der Waals surface area contributed by atoms with Crippen molar-refractivity contribution in [2.75, 3.05) is 6.61 Å². The molecule has 0 aliphatic carbocycles. The van der Waals surface area contributed by atoms with E-state index in [-0.39, 0.29) is 12.4 Å². The number of ether oxygens (including phenoxy) is 1. The lowest BCUT2D eigenvalue weighted by Crippen LogP contribution is -2.07. The van der Waals surface area contributed by atoms with E-state index in [0.717, 1.165) is 10.0 Å². The van der Waals surface area contributed by atoms with E-state index in [1.54, 1.807) is 37.3 Å². The van der Waals surface area contributed by atoms with Crippen molar-refractivity contribution in [3.8, 4) is 5.75 Å². The van der Waals surface area contributed by atoms with Crippen LogP contribution in [-0.2, 0) is 9.53 Å². The van der Waals surface area contributed by atoms with E-state index < -0.39 is 5.97 Å². The van der Waals surface area contributed by atoms with Crippen LogP contribution >= 0.6 is 15.9 Å². The van der Waals surface area contributed by atoms with Gasteiger partial charge in [-0.2, -0.15) is 0 Å². The molecule has 0 spiro atoms. The Kier molecular flexibility index (Phi) is 5.17. The third-order valence-electron chi connectivity index (χ3n) is 2.89. The summed E-state index contributed by atoms with van der Waals surface area (Å²) >= 11 is 3.44. The second-order valence-corrected chi connectivity index (χ2v) is 5.17. The summed E-state index contributed by atoms with van der Waals surface area (Å²) in [4.78, 5) is 12.2. The van der Waals surface area contributed by atoms with E-state index in [2.05, 4.69) is 15.9 Å². The van der Waals surface area contributed by atoms with Crippen molar-refractivity contribution in [1.82, 2.24) is 0 Å². The normalized spacial score (nSPS) is 11.2. The minimum absolute atomic E-state index is 0.0452. The summed E-state index contributed by atoms with van der Waals surface area (Å²) in [6, 6.07) is 14.2. The van der Waals surface area contributed by atoms with Gasteiger partial charge in [0.25, 0.3) is 0 Å². The van der Waals surface area contributed by atoms with Crippen LogP contribution in [0.4, 0.5) is 0 Å². The van der Waals surface area contributed by atoms with Crippen LogP contribution in [0.5, 0.6) is 5.75 Å². The third-order valence-corrected chi connectivity index (χ3v) is 3.62. The van der Waals surface area contributed by atoms with Gasteiger partial charge in [-0.25, -0.2) is 4.79 Å². The average molecular weight is 347 g/mol. The smallest absolute Gasteiger partial charge is 0.338 e. The highest BCUT2D eigenvalue weighted by atomic mass is 79.9. The molecule has 108 valence electrons. The first-order chi connectivity index (χ1) is 10.1. The standard InChI is InChI=1S/C17H15BrO3/c1-2-21-17(20)14(13-8-4-6-10-16(13)19)11-12-7-3-5-9-15(12)18/h3-11,19H,2H2,1H3/b14-11+. The lowest BCUT2D eigenvalue weighted by molar-refractivity contribution is -0.136. The van der Waals surface area contributed by atoms with Crippen LogP contribution < -0.4 is 0 Å². The zero-order chi connectivity index (χ0) is 15.2. The van der Waals surface area contributed by atoms with Gasteiger partial charge in [-0.1, -0.05) is 52.3 Å². The molecule has 21 heavy (non-hydrogen) atoms. The first-order valence-electron chi connectivity index (χ1n) is 6.55. The molecule has 0 unspecified atom stereocenters. The number of benzene rings is 2. The fourth-order valence-corrected chi connectivity index (χ4v) is 2.30. The summed E-state index contributed by atoms with van der Waals surface area (Å²) in [6.45, 7) is 2.03. The zero-order valence-electron chi connectivity index (χ0n) is 11.5. The number of hydrogen-bond donors (Lipinski definition) is 1. The number of hydrogen-bond acceptors (Lipinski definition) is 3. The molecular weight excluding hydrogens is 332 g/mol. The van der Waals surface area contributed by atoms with Crippen LogP contribution in [-0.4, -0.2) is 17.7 Å². The second kappa shape index (κ2) is 7.09. The van der Waals surface area contributed by atoms with Crippen LogP contribution in [0.2, 0.25) is 0 Å². The number of rotatable bonds is 4. The minimum atomic E-state index is -0.463. The van der Waals surface area contributed by atoms with Gasteiger partial charge in [0.2, 0.25) is 0 Å². The molecule has 0 aliphatic rings. The Labute approximate surface area is 132 Å². The molecule has 0 saturated heterocycles. The van der Waals surface area contributed by atoms with Crippen molar-refractivity contribution in [2.45, 2.75) is 6.92 Å². The number of esters is 1. The van der Waals surface area contributed by atoms with E-state index in [4.69, 9.17) is 4.74 Å². The quantitative estimate of drug-likeness (QED) is 0.511. The van der Waals surface area contributed by atoms with Gasteiger partial charge in [0.05, 0.1) is 12.2 Å². The summed E-state index contributed by atoms with van der Waals surface area (Å²) in [5.74, 6) is -0.418. The maximum absolute atomic E-state index is 12.2. The molecule has 0 amide bonds. The van der Waals surface area contributed by atoms with Crippen LogP contribution in [0.1, 0.15) is 18.1 Å². The van der Waals surface area contributed by atoms with Gasteiger partial charge in [-0.15, -0.1) is 0 Å². The minimum Gasteiger partial charge on any atom is -0.507 e. The van der Waals surface area contributed by atoms with Crippen molar-refractivity contribution in [3.05, 3.63) is 64.1 Å². The highest BCUT2D eigenvalue weighted by Gasteiger charge is 2.17. The Morgan fingerprint density at radius 2 is 1.86 bits per heavy atom. The van der Waals surface area contributed by atoms with Gasteiger partial charge in [0.1, 0.15) is 5.75 Å². The fourth-order valence-electron chi connectivity index (χ4n) is 1.90. The van der Waals surface area contributed by atoms with E-state index >= 15 is 0 Å². The monoisotopic (exact) mass is 346 g/mol. The van der Waals surface area contributed by atoms with Crippen LogP contribution in [0.15, 0.2) is 53.0 Å². The first kappa shape index (κ1) is 15.3. The van der Waals surface area contributed by atoms with Gasteiger partial charge in [-0.3, -0.25) is 0 Å². The molecule has 0 bridgehead atoms. The maximum Gasteiger partial charge on any atom is 0.338 e. The van der Waals surface area contributed by atoms with Crippen molar-refractivity contribution in [2.24, 2.45) is 0 Å². The Hall–Kier alpha value is -2.07. The average Bonchev–Trinajstić information content (AvgIpc) is 2.48. The molecule has 0 saturated carbocycles. The molecule has 0 aliphatic heterocycles. The molecule has 0 fully saturated rings. The molecule has 0 radical (unpaired) electrons. The van der Waals surface area contributed by atoms with E-state index in [1.165, 1.54) is 0 Å². The molecule has 2 aromatic carbocycles. The zero-order valence-corrected chi connectivity index (χ0v) is 13.1. The molecule has 0 heterocycles. The molecule has 0 atom stereocenters. The van der Waals surface area contributed by atoms with Crippen LogP contribution in [0, 0.1) is 0 Å². The van der Waals surface area contributed by atoms with Crippen LogP contribution in [0.25, 0.3) is 11.6 Å². The van der Waals surface area contributed by atoms with Gasteiger partial charge < -0.3 is 9.84 Å². The third kappa shape index (κ3) is 3.73. The van der Waals surface area contributed by atoms with E-state index in [0.29, 0.717) is 11.1 Å². The lowest BCUT2D eigenvalue weighted by Gasteiger charge is -2.10. The predicted molar refractivity (Wildman–Crippen MR) is 86.8 cm³/mol. The topological polar surface area (TPSA) is 46.5 Å². The number of carbonyl (C=O) groups excluding carboxylic acids is 1. The molecule has 4 heteroatoms. The largest absolute Gasteiger partial charge is 0.507 e. The molecule has 2 rings (SSSR count). The molecule has 1 N–H and O–H groups in total. The number of para-hydroxylation sites is 1. The van der Waals surface area contributed by atoms with Crippen molar-refractivity contribution >= 4 is 33.5 Å². The highest BCUT2D eigenvalue weighted by molar-refractivity contribution is 9.10. The van der Waals surface area contributed by atoms with E-state index in [9.17, 15) is 9.90 Å². The van der Waals surface area contributed by atoms with Gasteiger partial charge >= 0.3 is 5.97 Å². The summed E-state index contributed by atoms with van der Waals surface area (Å²) < 4.78 is 5.96. The number of aromatic hydroxyl groups is 1. The summed E-state index contributed by atoms with van der Waals surface area (Å²) in [5, 5.41) is 9.99. The Bertz CT molecular complexity index is 677. The van der Waals surface area contributed by atoms with Crippen LogP contribution in [0.3, 0.4) is 0 Å². The predicted octanol–water partition coefficient (Wildman–Crippen LogP) is 4.26. The molecular formula is C17H15BrO3. The van der Waals surface area contributed by atoms with Crippen molar-refractivity contribution < 1.29 is 14.6 Å². The molecule has 0 aromatic heterocycles. The van der Waals surface area contributed by atoms with Gasteiger partial charge in [-0.05, 0) is 30.7 Å². The summed E-state index contributed by atoms with van der Waals surface area (Å²) in [7, 11) is 0. The van der Waals surface area contributed by atoms with Gasteiger partial charge in [0.15, 0.2) is 0 Å². The number of halogens is 1. The number of phenolic OH excluding ortho intramolecular Hbond substituents is 1. The summed E-state index contributed by atoms with van der Waals surface area (Å²) in [6.07, 6.45) is 1.71. The van der Waals surface area contributed by atoms with Gasteiger partial charge in [0, 0.05) is 10.0 Å². The second-order valence-electron chi connectivity index (χ2n) is 4.32. The Morgan fingerprint density at radius 1 is 1.19 bits per heavy atom. The van der Waals surface area contributed by atoms with Crippen molar-refractivity contribution in [1.29, 1.82) is 0 Å². The fraction of sp³-hybridized carbons (Fsp3) is 0.118. The lowest BCUT2D eigenvalue weighted by atomic mass is 10.0.